The summed E-state index contributed by atoms with van der Waals surface area (Å²) in [6, 6.07) is 8.32. The van der Waals surface area contributed by atoms with Gasteiger partial charge in [0.1, 0.15) is 12.3 Å². The van der Waals surface area contributed by atoms with E-state index < -0.39 is 0 Å². The Morgan fingerprint density at radius 3 is 2.52 bits per heavy atom. The van der Waals surface area contributed by atoms with Crippen molar-refractivity contribution in [2.24, 2.45) is 0 Å². The standard InChI is InChI=1S/C19H22N6/c1-13(2)14-7-5-6-8-15(14)25-17-16(20-9-10-21-17)24(4)19(25)18-22-11-12-23(18)3/h5-12,18-19,22H,1H2,2-4H3. The van der Waals surface area contributed by atoms with Gasteiger partial charge in [0.2, 0.25) is 0 Å². The summed E-state index contributed by atoms with van der Waals surface area (Å²) in [6.45, 7) is 6.19. The quantitative estimate of drug-likeness (QED) is 0.931. The topological polar surface area (TPSA) is 47.5 Å². The molecule has 0 fully saturated rings. The van der Waals surface area contributed by atoms with E-state index in [4.69, 9.17) is 0 Å². The van der Waals surface area contributed by atoms with Crippen molar-refractivity contribution in [3.05, 3.63) is 61.2 Å². The number of hydrogen-bond acceptors (Lipinski definition) is 6. The van der Waals surface area contributed by atoms with Gasteiger partial charge in [0.25, 0.3) is 0 Å². The number of likely N-dealkylation sites (N-methyl/N-ethyl adjacent to an activating group) is 2. The van der Waals surface area contributed by atoms with Crippen LogP contribution in [0.5, 0.6) is 0 Å². The summed E-state index contributed by atoms with van der Waals surface area (Å²) < 4.78 is 0. The van der Waals surface area contributed by atoms with E-state index in [1.165, 1.54) is 0 Å². The van der Waals surface area contributed by atoms with Crippen molar-refractivity contribution in [3.8, 4) is 0 Å². The first-order chi connectivity index (χ1) is 12.1. The van der Waals surface area contributed by atoms with E-state index in [1.54, 1.807) is 12.4 Å². The second-order valence-electron chi connectivity index (χ2n) is 6.49. The molecular weight excluding hydrogens is 312 g/mol. The Labute approximate surface area is 148 Å². The summed E-state index contributed by atoms with van der Waals surface area (Å²) in [5.74, 6) is 1.75. The van der Waals surface area contributed by atoms with E-state index in [0.717, 1.165) is 28.5 Å². The molecule has 1 N–H and O–H groups in total. The summed E-state index contributed by atoms with van der Waals surface area (Å²) in [5, 5.41) is 3.45. The number of allylic oxidation sites excluding steroid dienone is 1. The molecule has 0 bridgehead atoms. The number of para-hydroxylation sites is 1. The maximum Gasteiger partial charge on any atom is 0.178 e. The molecule has 6 nitrogen and oxygen atoms in total. The van der Waals surface area contributed by atoms with Crippen LogP contribution in [-0.2, 0) is 0 Å². The van der Waals surface area contributed by atoms with Crippen molar-refractivity contribution in [2.45, 2.75) is 19.3 Å². The van der Waals surface area contributed by atoms with Crippen LogP contribution >= 0.6 is 0 Å². The first-order valence-electron chi connectivity index (χ1n) is 8.32. The number of anilines is 3. The lowest BCUT2D eigenvalue weighted by atomic mass is 10.1. The van der Waals surface area contributed by atoms with Gasteiger partial charge in [0.15, 0.2) is 11.6 Å². The first kappa shape index (κ1) is 15.5. The lowest BCUT2D eigenvalue weighted by molar-refractivity contribution is 0.283. The minimum absolute atomic E-state index is 0.0119. The third-order valence-electron chi connectivity index (χ3n) is 4.81. The van der Waals surface area contributed by atoms with Crippen molar-refractivity contribution in [1.29, 1.82) is 0 Å². The molecule has 6 heteroatoms. The van der Waals surface area contributed by atoms with Crippen molar-refractivity contribution >= 4 is 22.9 Å². The number of hydrogen-bond donors (Lipinski definition) is 1. The SMILES string of the molecule is C=C(C)c1ccccc1N1c2nccnc2N(C)C1C1NC=CN1C. The van der Waals surface area contributed by atoms with Gasteiger partial charge in [-0.15, -0.1) is 0 Å². The van der Waals surface area contributed by atoms with Gasteiger partial charge >= 0.3 is 0 Å². The second-order valence-corrected chi connectivity index (χ2v) is 6.49. The third-order valence-corrected chi connectivity index (χ3v) is 4.81. The molecule has 128 valence electrons. The van der Waals surface area contributed by atoms with Crippen LogP contribution in [-0.4, -0.2) is 41.3 Å². The average molecular weight is 334 g/mol. The van der Waals surface area contributed by atoms with Crippen molar-refractivity contribution in [2.75, 3.05) is 23.9 Å². The summed E-state index contributed by atoms with van der Waals surface area (Å²) in [7, 11) is 4.14. The highest BCUT2D eigenvalue weighted by Crippen LogP contribution is 2.44. The fourth-order valence-electron chi connectivity index (χ4n) is 3.59. The molecule has 4 rings (SSSR count). The van der Waals surface area contributed by atoms with Crippen LogP contribution in [0.1, 0.15) is 12.5 Å². The van der Waals surface area contributed by atoms with E-state index in [2.05, 4.69) is 68.9 Å². The fraction of sp³-hybridized carbons (Fsp3) is 0.263. The van der Waals surface area contributed by atoms with Gasteiger partial charge in [-0.05, 0) is 18.6 Å². The maximum atomic E-state index is 4.64. The lowest BCUT2D eigenvalue weighted by Crippen LogP contribution is -2.56. The fourth-order valence-corrected chi connectivity index (χ4v) is 3.59. The molecule has 0 saturated carbocycles. The molecule has 2 unspecified atom stereocenters. The number of rotatable bonds is 3. The summed E-state index contributed by atoms with van der Waals surface area (Å²) in [6.07, 6.45) is 7.60. The highest BCUT2D eigenvalue weighted by Gasteiger charge is 2.44. The predicted octanol–water partition coefficient (Wildman–Crippen LogP) is 2.76. The number of fused-ring (bicyclic) bond motifs is 1. The van der Waals surface area contributed by atoms with Gasteiger partial charge in [-0.1, -0.05) is 24.8 Å². The minimum Gasteiger partial charge on any atom is -0.367 e. The van der Waals surface area contributed by atoms with Gasteiger partial charge in [-0.3, -0.25) is 4.90 Å². The van der Waals surface area contributed by atoms with Crippen molar-refractivity contribution < 1.29 is 0 Å². The Bertz CT molecular complexity index is 845. The molecule has 25 heavy (non-hydrogen) atoms. The molecule has 0 amide bonds. The number of nitrogens with zero attached hydrogens (tertiary/aromatic N) is 5. The second kappa shape index (κ2) is 5.81. The van der Waals surface area contributed by atoms with Crippen LogP contribution in [0, 0.1) is 0 Å². The van der Waals surface area contributed by atoms with Crippen molar-refractivity contribution in [1.82, 2.24) is 20.2 Å². The Balaban J connectivity index is 1.89. The molecule has 1 aromatic carbocycles. The van der Waals surface area contributed by atoms with Crippen LogP contribution in [0.25, 0.3) is 5.57 Å². The highest BCUT2D eigenvalue weighted by molar-refractivity contribution is 5.84. The largest absolute Gasteiger partial charge is 0.367 e. The van der Waals surface area contributed by atoms with E-state index in [1.807, 2.05) is 25.4 Å². The summed E-state index contributed by atoms with van der Waals surface area (Å²) >= 11 is 0. The number of benzene rings is 1. The zero-order chi connectivity index (χ0) is 17.6. The maximum absolute atomic E-state index is 4.64. The van der Waals surface area contributed by atoms with E-state index >= 15 is 0 Å². The number of aromatic nitrogens is 2. The molecular formula is C19H22N6. The van der Waals surface area contributed by atoms with Crippen LogP contribution in [0.2, 0.25) is 0 Å². The first-order valence-corrected chi connectivity index (χ1v) is 8.32. The zero-order valence-corrected chi connectivity index (χ0v) is 14.7. The molecule has 0 radical (unpaired) electrons. The van der Waals surface area contributed by atoms with Gasteiger partial charge < -0.3 is 15.1 Å². The Hall–Kier alpha value is -3.02. The van der Waals surface area contributed by atoms with Gasteiger partial charge in [0.05, 0.1) is 5.69 Å². The van der Waals surface area contributed by atoms with Crippen molar-refractivity contribution in [3.63, 3.8) is 0 Å². The summed E-state index contributed by atoms with van der Waals surface area (Å²) in [5.41, 5.74) is 3.24. The van der Waals surface area contributed by atoms with Crippen LogP contribution in [0.15, 0.2) is 55.6 Å². The Morgan fingerprint density at radius 1 is 1.12 bits per heavy atom. The third kappa shape index (κ3) is 2.33. The minimum atomic E-state index is 0.0119. The van der Waals surface area contributed by atoms with E-state index in [9.17, 15) is 0 Å². The molecule has 2 aliphatic heterocycles. The molecule has 0 spiro atoms. The van der Waals surface area contributed by atoms with Gasteiger partial charge in [-0.2, -0.15) is 0 Å². The molecule has 0 saturated heterocycles. The molecule has 2 aliphatic rings. The Kier molecular flexibility index (Phi) is 3.60. The van der Waals surface area contributed by atoms with E-state index in [0.29, 0.717) is 0 Å². The number of nitrogens with one attached hydrogen (secondary N) is 1. The summed E-state index contributed by atoms with van der Waals surface area (Å²) in [4.78, 5) is 15.8. The molecule has 2 aromatic rings. The normalized spacial score (nSPS) is 21.5. The zero-order valence-electron chi connectivity index (χ0n) is 14.7. The highest BCUT2D eigenvalue weighted by atomic mass is 15.5. The Morgan fingerprint density at radius 2 is 1.84 bits per heavy atom. The van der Waals surface area contributed by atoms with E-state index in [-0.39, 0.29) is 12.3 Å². The van der Waals surface area contributed by atoms with Gasteiger partial charge in [0, 0.05) is 44.5 Å². The van der Waals surface area contributed by atoms with Crippen LogP contribution < -0.4 is 15.1 Å². The van der Waals surface area contributed by atoms with Crippen LogP contribution in [0.3, 0.4) is 0 Å². The smallest absolute Gasteiger partial charge is 0.178 e. The molecule has 3 heterocycles. The molecule has 2 atom stereocenters. The lowest BCUT2D eigenvalue weighted by Gasteiger charge is -2.38. The molecule has 0 aliphatic carbocycles. The van der Waals surface area contributed by atoms with Crippen LogP contribution in [0.4, 0.5) is 17.3 Å². The average Bonchev–Trinajstić information content (AvgIpc) is 3.16. The predicted molar refractivity (Wildman–Crippen MR) is 101 cm³/mol. The molecule has 1 aromatic heterocycles. The van der Waals surface area contributed by atoms with Gasteiger partial charge in [-0.25, -0.2) is 9.97 Å². The monoisotopic (exact) mass is 334 g/mol.